The first-order valence-corrected chi connectivity index (χ1v) is 5.38. The SMILES string of the molecule is CNC(=O)C(C)NC(=O)CCNC1CC1. The number of hydrogen-bond donors (Lipinski definition) is 3. The van der Waals surface area contributed by atoms with E-state index in [1.807, 2.05) is 0 Å². The van der Waals surface area contributed by atoms with E-state index in [0.717, 1.165) is 0 Å². The van der Waals surface area contributed by atoms with Gasteiger partial charge in [-0.05, 0) is 19.8 Å². The third-order valence-electron chi connectivity index (χ3n) is 2.38. The fraction of sp³-hybridized carbons (Fsp3) is 0.800. The van der Waals surface area contributed by atoms with Gasteiger partial charge >= 0.3 is 0 Å². The van der Waals surface area contributed by atoms with E-state index >= 15 is 0 Å². The molecule has 1 fully saturated rings. The van der Waals surface area contributed by atoms with Crippen LogP contribution in [0, 0.1) is 0 Å². The minimum Gasteiger partial charge on any atom is -0.357 e. The molecular weight excluding hydrogens is 194 g/mol. The first kappa shape index (κ1) is 12.0. The summed E-state index contributed by atoms with van der Waals surface area (Å²) in [6.07, 6.45) is 2.87. The Morgan fingerprint density at radius 1 is 1.40 bits per heavy atom. The number of carbonyl (C=O) groups excluding carboxylic acids is 2. The van der Waals surface area contributed by atoms with Crippen molar-refractivity contribution >= 4 is 11.8 Å². The molecule has 1 aliphatic carbocycles. The largest absolute Gasteiger partial charge is 0.357 e. The van der Waals surface area contributed by atoms with Gasteiger partial charge in [-0.1, -0.05) is 0 Å². The standard InChI is InChI=1S/C10H19N3O2/c1-7(10(15)11-2)13-9(14)5-6-12-8-3-4-8/h7-8,12H,3-6H2,1-2H3,(H,11,15)(H,13,14). The second kappa shape index (κ2) is 5.70. The van der Waals surface area contributed by atoms with Gasteiger partial charge in [0.25, 0.3) is 0 Å². The number of likely N-dealkylation sites (N-methyl/N-ethyl adjacent to an activating group) is 1. The van der Waals surface area contributed by atoms with Crippen LogP contribution in [-0.2, 0) is 9.59 Å². The van der Waals surface area contributed by atoms with Crippen LogP contribution in [0.1, 0.15) is 26.2 Å². The second-order valence-electron chi connectivity index (χ2n) is 3.88. The van der Waals surface area contributed by atoms with Gasteiger partial charge in [0.1, 0.15) is 6.04 Å². The van der Waals surface area contributed by atoms with Crippen LogP contribution in [0.3, 0.4) is 0 Å². The molecule has 1 saturated carbocycles. The first-order chi connectivity index (χ1) is 7.13. The number of nitrogens with one attached hydrogen (secondary N) is 3. The van der Waals surface area contributed by atoms with E-state index in [1.165, 1.54) is 12.8 Å². The monoisotopic (exact) mass is 213 g/mol. The van der Waals surface area contributed by atoms with Crippen LogP contribution in [0.25, 0.3) is 0 Å². The molecule has 0 saturated heterocycles. The Bertz CT molecular complexity index is 239. The molecule has 5 heteroatoms. The van der Waals surface area contributed by atoms with Crippen molar-refractivity contribution in [2.24, 2.45) is 0 Å². The molecule has 0 aliphatic heterocycles. The minimum atomic E-state index is -0.455. The van der Waals surface area contributed by atoms with Crippen LogP contribution in [-0.4, -0.2) is 37.5 Å². The maximum atomic E-state index is 11.3. The summed E-state index contributed by atoms with van der Waals surface area (Å²) in [4.78, 5) is 22.4. The van der Waals surface area contributed by atoms with Crippen molar-refractivity contribution < 1.29 is 9.59 Å². The number of hydrogen-bond acceptors (Lipinski definition) is 3. The first-order valence-electron chi connectivity index (χ1n) is 5.38. The fourth-order valence-corrected chi connectivity index (χ4v) is 1.27. The van der Waals surface area contributed by atoms with Gasteiger partial charge in [-0.15, -0.1) is 0 Å². The third kappa shape index (κ3) is 4.78. The molecule has 1 unspecified atom stereocenters. The molecule has 0 spiro atoms. The van der Waals surface area contributed by atoms with Gasteiger partial charge in [-0.3, -0.25) is 9.59 Å². The predicted molar refractivity (Wildman–Crippen MR) is 57.3 cm³/mol. The Hall–Kier alpha value is -1.10. The molecule has 1 rings (SSSR count). The average molecular weight is 213 g/mol. The van der Waals surface area contributed by atoms with Crippen molar-refractivity contribution in [1.82, 2.24) is 16.0 Å². The van der Waals surface area contributed by atoms with E-state index in [1.54, 1.807) is 14.0 Å². The molecule has 0 heterocycles. The second-order valence-corrected chi connectivity index (χ2v) is 3.88. The lowest BCUT2D eigenvalue weighted by Gasteiger charge is -2.12. The van der Waals surface area contributed by atoms with Gasteiger partial charge in [-0.25, -0.2) is 0 Å². The predicted octanol–water partition coefficient (Wildman–Crippen LogP) is -0.621. The summed E-state index contributed by atoms with van der Waals surface area (Å²) in [6, 6.07) is 0.164. The van der Waals surface area contributed by atoms with E-state index < -0.39 is 6.04 Å². The zero-order valence-corrected chi connectivity index (χ0v) is 9.30. The van der Waals surface area contributed by atoms with E-state index in [4.69, 9.17) is 0 Å². The molecule has 0 aromatic heterocycles. The van der Waals surface area contributed by atoms with Crippen LogP contribution < -0.4 is 16.0 Å². The Kier molecular flexibility index (Phi) is 4.55. The number of rotatable bonds is 6. The van der Waals surface area contributed by atoms with Crippen LogP contribution >= 0.6 is 0 Å². The number of amides is 2. The fourth-order valence-electron chi connectivity index (χ4n) is 1.27. The van der Waals surface area contributed by atoms with Gasteiger partial charge < -0.3 is 16.0 Å². The van der Waals surface area contributed by atoms with Crippen LogP contribution in [0.2, 0.25) is 0 Å². The Morgan fingerprint density at radius 2 is 2.07 bits per heavy atom. The molecule has 0 aromatic rings. The van der Waals surface area contributed by atoms with Gasteiger partial charge in [-0.2, -0.15) is 0 Å². The van der Waals surface area contributed by atoms with Gasteiger partial charge in [0.2, 0.25) is 11.8 Å². The zero-order chi connectivity index (χ0) is 11.3. The Balaban J connectivity index is 2.07. The summed E-state index contributed by atoms with van der Waals surface area (Å²) >= 11 is 0. The zero-order valence-electron chi connectivity index (χ0n) is 9.30. The number of carbonyl (C=O) groups is 2. The van der Waals surface area contributed by atoms with Crippen molar-refractivity contribution in [3.8, 4) is 0 Å². The van der Waals surface area contributed by atoms with Crippen molar-refractivity contribution in [3.63, 3.8) is 0 Å². The molecular formula is C10H19N3O2. The van der Waals surface area contributed by atoms with Crippen LogP contribution in [0.15, 0.2) is 0 Å². The minimum absolute atomic E-state index is 0.0840. The molecule has 3 N–H and O–H groups in total. The van der Waals surface area contributed by atoms with E-state index in [0.29, 0.717) is 19.0 Å². The summed E-state index contributed by atoms with van der Waals surface area (Å²) in [6.45, 7) is 2.36. The van der Waals surface area contributed by atoms with E-state index in [9.17, 15) is 9.59 Å². The molecule has 0 radical (unpaired) electrons. The van der Waals surface area contributed by atoms with Gasteiger partial charge in [0, 0.05) is 26.1 Å². The summed E-state index contributed by atoms with van der Waals surface area (Å²) in [7, 11) is 1.56. The van der Waals surface area contributed by atoms with E-state index in [-0.39, 0.29) is 11.8 Å². The lowest BCUT2D eigenvalue weighted by Crippen LogP contribution is -2.44. The average Bonchev–Trinajstić information content (AvgIpc) is 3.00. The molecule has 1 aliphatic rings. The van der Waals surface area contributed by atoms with E-state index in [2.05, 4.69) is 16.0 Å². The summed E-state index contributed by atoms with van der Waals surface area (Å²) in [5.41, 5.74) is 0. The van der Waals surface area contributed by atoms with Gasteiger partial charge in [0.15, 0.2) is 0 Å². The molecule has 86 valence electrons. The highest BCUT2D eigenvalue weighted by molar-refractivity contribution is 5.87. The molecule has 15 heavy (non-hydrogen) atoms. The third-order valence-corrected chi connectivity index (χ3v) is 2.38. The molecule has 0 bridgehead atoms. The van der Waals surface area contributed by atoms with Crippen LogP contribution in [0.5, 0.6) is 0 Å². The van der Waals surface area contributed by atoms with Crippen molar-refractivity contribution in [2.45, 2.75) is 38.3 Å². The van der Waals surface area contributed by atoms with Crippen molar-refractivity contribution in [3.05, 3.63) is 0 Å². The quantitative estimate of drug-likeness (QED) is 0.550. The van der Waals surface area contributed by atoms with Crippen molar-refractivity contribution in [2.75, 3.05) is 13.6 Å². The topological polar surface area (TPSA) is 70.2 Å². The Labute approximate surface area is 90.0 Å². The molecule has 1 atom stereocenters. The van der Waals surface area contributed by atoms with Crippen molar-refractivity contribution in [1.29, 1.82) is 0 Å². The molecule has 5 nitrogen and oxygen atoms in total. The highest BCUT2D eigenvalue weighted by Gasteiger charge is 2.20. The summed E-state index contributed by atoms with van der Waals surface area (Å²) < 4.78 is 0. The summed E-state index contributed by atoms with van der Waals surface area (Å²) in [5.74, 6) is -0.252. The molecule has 0 aromatic carbocycles. The normalized spacial score (nSPS) is 16.9. The highest BCUT2D eigenvalue weighted by Crippen LogP contribution is 2.18. The summed E-state index contributed by atoms with van der Waals surface area (Å²) in [5, 5.41) is 8.36. The smallest absolute Gasteiger partial charge is 0.242 e. The maximum Gasteiger partial charge on any atom is 0.242 e. The highest BCUT2D eigenvalue weighted by atomic mass is 16.2. The lowest BCUT2D eigenvalue weighted by molar-refractivity contribution is -0.128. The van der Waals surface area contributed by atoms with Crippen LogP contribution in [0.4, 0.5) is 0 Å². The molecule has 2 amide bonds. The maximum absolute atomic E-state index is 11.3. The van der Waals surface area contributed by atoms with Gasteiger partial charge in [0.05, 0.1) is 0 Å². The Morgan fingerprint density at radius 3 is 2.60 bits per heavy atom. The lowest BCUT2D eigenvalue weighted by atomic mass is 10.3.